The first-order chi connectivity index (χ1) is 10.6. The quantitative estimate of drug-likeness (QED) is 0.885. The van der Waals surface area contributed by atoms with Crippen molar-refractivity contribution in [2.75, 3.05) is 5.32 Å². The van der Waals surface area contributed by atoms with Gasteiger partial charge in [0.1, 0.15) is 0 Å². The van der Waals surface area contributed by atoms with E-state index in [0.29, 0.717) is 21.8 Å². The van der Waals surface area contributed by atoms with Crippen molar-refractivity contribution in [1.82, 2.24) is 0 Å². The molecule has 2 aromatic carbocycles. The van der Waals surface area contributed by atoms with Crippen molar-refractivity contribution in [2.24, 2.45) is 0 Å². The largest absolute Gasteiger partial charge is 0.481 e. The van der Waals surface area contributed by atoms with Gasteiger partial charge in [-0.1, -0.05) is 49.7 Å². The summed E-state index contributed by atoms with van der Waals surface area (Å²) < 4.78 is 0. The van der Waals surface area contributed by atoms with Crippen LogP contribution in [0, 0.1) is 0 Å². The second-order valence-electron chi connectivity index (χ2n) is 4.20. The fourth-order valence-corrected chi connectivity index (χ4v) is 1.95. The molecular weight excluding hydrogens is 302 g/mol. The second kappa shape index (κ2) is 8.85. The Morgan fingerprint density at radius 3 is 2.18 bits per heavy atom. The van der Waals surface area contributed by atoms with E-state index in [1.807, 2.05) is 13.8 Å². The molecule has 1 amide bonds. The van der Waals surface area contributed by atoms with Crippen LogP contribution in [0.4, 0.5) is 5.69 Å². The molecule has 4 nitrogen and oxygen atoms in total. The van der Waals surface area contributed by atoms with Crippen molar-refractivity contribution in [3.8, 4) is 0 Å². The number of halogens is 1. The molecule has 2 N–H and O–H groups in total. The minimum Gasteiger partial charge on any atom is -0.481 e. The van der Waals surface area contributed by atoms with Crippen LogP contribution in [0.3, 0.4) is 0 Å². The minimum atomic E-state index is -0.891. The maximum absolute atomic E-state index is 12.0. The third kappa shape index (κ3) is 5.22. The van der Waals surface area contributed by atoms with Gasteiger partial charge in [-0.05, 0) is 29.8 Å². The predicted molar refractivity (Wildman–Crippen MR) is 88.5 cm³/mol. The summed E-state index contributed by atoms with van der Waals surface area (Å²) in [7, 11) is 0. The number of carboxylic acids is 1. The summed E-state index contributed by atoms with van der Waals surface area (Å²) in [5, 5.41) is 11.8. The highest BCUT2D eigenvalue weighted by atomic mass is 35.5. The average molecular weight is 320 g/mol. The molecule has 0 spiro atoms. The summed E-state index contributed by atoms with van der Waals surface area (Å²) >= 11 is 5.94. The Bertz CT molecular complexity index is 639. The van der Waals surface area contributed by atoms with E-state index in [2.05, 4.69) is 5.32 Å². The molecule has 2 aromatic rings. The Morgan fingerprint density at radius 1 is 1.05 bits per heavy atom. The summed E-state index contributed by atoms with van der Waals surface area (Å²) in [4.78, 5) is 22.6. The van der Waals surface area contributed by atoms with Crippen LogP contribution >= 0.6 is 11.6 Å². The fraction of sp³-hybridized carbons (Fsp3) is 0.176. The number of carbonyl (C=O) groups excluding carboxylic acids is 1. The molecule has 0 radical (unpaired) electrons. The van der Waals surface area contributed by atoms with Crippen LogP contribution in [0.25, 0.3) is 0 Å². The normalized spacial score (nSPS) is 9.41. The van der Waals surface area contributed by atoms with Crippen LogP contribution in [0.2, 0.25) is 5.02 Å². The molecular formula is C17H18ClNO3. The van der Waals surface area contributed by atoms with E-state index in [1.165, 1.54) is 0 Å². The van der Waals surface area contributed by atoms with Crippen LogP contribution < -0.4 is 5.32 Å². The number of nitrogens with one attached hydrogen (secondary N) is 1. The SMILES string of the molecule is CC.O=C(O)Cc1ccc(NC(=O)c2ccccc2Cl)cc1. The summed E-state index contributed by atoms with van der Waals surface area (Å²) in [6.07, 6.45) is -0.0429. The van der Waals surface area contributed by atoms with E-state index in [1.54, 1.807) is 48.5 Å². The first-order valence-electron chi connectivity index (χ1n) is 6.93. The van der Waals surface area contributed by atoms with Gasteiger partial charge in [-0.15, -0.1) is 0 Å². The highest BCUT2D eigenvalue weighted by Gasteiger charge is 2.09. The third-order valence-electron chi connectivity index (χ3n) is 2.69. The molecule has 0 bridgehead atoms. The van der Waals surface area contributed by atoms with Gasteiger partial charge < -0.3 is 10.4 Å². The van der Waals surface area contributed by atoms with Crippen molar-refractivity contribution in [3.63, 3.8) is 0 Å². The van der Waals surface area contributed by atoms with Crippen molar-refractivity contribution in [2.45, 2.75) is 20.3 Å². The van der Waals surface area contributed by atoms with Gasteiger partial charge in [0.15, 0.2) is 0 Å². The minimum absolute atomic E-state index is 0.0429. The zero-order chi connectivity index (χ0) is 16.5. The van der Waals surface area contributed by atoms with Gasteiger partial charge in [0.05, 0.1) is 17.0 Å². The lowest BCUT2D eigenvalue weighted by Gasteiger charge is -2.07. The molecule has 0 aliphatic heterocycles. The molecule has 22 heavy (non-hydrogen) atoms. The first kappa shape index (κ1) is 17.7. The number of aliphatic carboxylic acids is 1. The molecule has 116 valence electrons. The number of benzene rings is 2. The third-order valence-corrected chi connectivity index (χ3v) is 3.02. The van der Waals surface area contributed by atoms with E-state index in [9.17, 15) is 9.59 Å². The van der Waals surface area contributed by atoms with Gasteiger partial charge in [-0.3, -0.25) is 9.59 Å². The average Bonchev–Trinajstić information content (AvgIpc) is 2.51. The zero-order valence-electron chi connectivity index (χ0n) is 12.5. The van der Waals surface area contributed by atoms with E-state index >= 15 is 0 Å². The van der Waals surface area contributed by atoms with E-state index in [4.69, 9.17) is 16.7 Å². The van der Waals surface area contributed by atoms with Crippen molar-refractivity contribution in [1.29, 1.82) is 0 Å². The highest BCUT2D eigenvalue weighted by Crippen LogP contribution is 2.17. The molecule has 0 heterocycles. The van der Waals surface area contributed by atoms with Crippen molar-refractivity contribution >= 4 is 29.2 Å². The molecule has 5 heteroatoms. The van der Waals surface area contributed by atoms with Crippen molar-refractivity contribution in [3.05, 3.63) is 64.7 Å². The number of hydrogen-bond donors (Lipinski definition) is 2. The van der Waals surface area contributed by atoms with E-state index in [-0.39, 0.29) is 12.3 Å². The van der Waals surface area contributed by atoms with Crippen LogP contribution in [0.1, 0.15) is 29.8 Å². The molecule has 0 saturated heterocycles. The summed E-state index contributed by atoms with van der Waals surface area (Å²) in [6, 6.07) is 13.4. The Morgan fingerprint density at radius 2 is 1.64 bits per heavy atom. The molecule has 0 fully saturated rings. The van der Waals surface area contributed by atoms with Gasteiger partial charge in [0.2, 0.25) is 0 Å². The number of anilines is 1. The van der Waals surface area contributed by atoms with Crippen LogP contribution in [0.5, 0.6) is 0 Å². The van der Waals surface area contributed by atoms with Crippen molar-refractivity contribution < 1.29 is 14.7 Å². The maximum Gasteiger partial charge on any atom is 0.307 e. The highest BCUT2D eigenvalue weighted by molar-refractivity contribution is 6.34. The van der Waals surface area contributed by atoms with Gasteiger partial charge in [-0.25, -0.2) is 0 Å². The number of carboxylic acid groups (broad SMARTS) is 1. The number of hydrogen-bond acceptors (Lipinski definition) is 2. The molecule has 0 saturated carbocycles. The van der Waals surface area contributed by atoms with E-state index < -0.39 is 5.97 Å². The molecule has 0 aliphatic rings. The van der Waals surface area contributed by atoms with Gasteiger partial charge >= 0.3 is 5.97 Å². The van der Waals surface area contributed by atoms with E-state index in [0.717, 1.165) is 0 Å². The molecule has 0 atom stereocenters. The topological polar surface area (TPSA) is 66.4 Å². The van der Waals surface area contributed by atoms with Crippen LogP contribution in [0.15, 0.2) is 48.5 Å². The molecule has 0 unspecified atom stereocenters. The molecule has 0 aromatic heterocycles. The van der Waals surface area contributed by atoms with Crippen LogP contribution in [-0.2, 0) is 11.2 Å². The summed E-state index contributed by atoms with van der Waals surface area (Å²) in [5.41, 5.74) is 1.65. The van der Waals surface area contributed by atoms with Gasteiger partial charge in [-0.2, -0.15) is 0 Å². The molecule has 0 aliphatic carbocycles. The lowest BCUT2D eigenvalue weighted by molar-refractivity contribution is -0.136. The Labute approximate surface area is 134 Å². The Hall–Kier alpha value is -2.33. The lowest BCUT2D eigenvalue weighted by Crippen LogP contribution is -2.12. The van der Waals surface area contributed by atoms with Gasteiger partial charge in [0, 0.05) is 5.69 Å². The molecule has 2 rings (SSSR count). The summed E-state index contributed by atoms with van der Waals surface area (Å²) in [5.74, 6) is -1.19. The Kier molecular flexibility index (Phi) is 7.13. The number of amides is 1. The standard InChI is InChI=1S/C15H12ClNO3.C2H6/c16-13-4-2-1-3-12(13)15(20)17-11-7-5-10(6-8-11)9-14(18)19;1-2/h1-8H,9H2,(H,17,20)(H,18,19);1-2H3. The zero-order valence-corrected chi connectivity index (χ0v) is 13.2. The maximum atomic E-state index is 12.0. The number of carbonyl (C=O) groups is 2. The smallest absolute Gasteiger partial charge is 0.307 e. The number of rotatable bonds is 4. The summed E-state index contributed by atoms with van der Waals surface area (Å²) in [6.45, 7) is 4.00. The lowest BCUT2D eigenvalue weighted by atomic mass is 10.1. The second-order valence-corrected chi connectivity index (χ2v) is 4.61. The van der Waals surface area contributed by atoms with Crippen LogP contribution in [-0.4, -0.2) is 17.0 Å². The monoisotopic (exact) mass is 319 g/mol. The first-order valence-corrected chi connectivity index (χ1v) is 7.30. The predicted octanol–water partition coefficient (Wildman–Crippen LogP) is 4.25. The Balaban J connectivity index is 0.00000116. The fourth-order valence-electron chi connectivity index (χ4n) is 1.72. The van der Waals surface area contributed by atoms with Gasteiger partial charge in [0.25, 0.3) is 5.91 Å².